The summed E-state index contributed by atoms with van der Waals surface area (Å²) in [6, 6.07) is 0. The zero-order valence-corrected chi connectivity index (χ0v) is 9.79. The van der Waals surface area contributed by atoms with Gasteiger partial charge in [0.05, 0.1) is 5.41 Å². The molecule has 3 nitrogen and oxygen atoms in total. The molecule has 0 saturated heterocycles. The highest BCUT2D eigenvalue weighted by atomic mass is 16.5. The molecule has 0 bridgehead atoms. The Kier molecular flexibility index (Phi) is 4.58. The fraction of sp³-hybridized carbons (Fsp3) is 0.917. The van der Waals surface area contributed by atoms with Crippen LogP contribution in [0.2, 0.25) is 0 Å². The third-order valence-corrected chi connectivity index (χ3v) is 3.38. The van der Waals surface area contributed by atoms with Crippen LogP contribution < -0.4 is 0 Å². The van der Waals surface area contributed by atoms with Crippen LogP contribution in [0.1, 0.15) is 46.0 Å². The van der Waals surface area contributed by atoms with Gasteiger partial charge in [0.1, 0.15) is 0 Å². The molecule has 1 aliphatic rings. The maximum atomic E-state index is 11.3. The summed E-state index contributed by atoms with van der Waals surface area (Å²) in [6.07, 6.45) is 4.35. The van der Waals surface area contributed by atoms with E-state index in [0.717, 1.165) is 32.3 Å². The lowest BCUT2D eigenvalue weighted by molar-refractivity contribution is -0.150. The Bertz CT molecular complexity index is 215. The first-order valence-electron chi connectivity index (χ1n) is 5.92. The Labute approximate surface area is 91.8 Å². The Morgan fingerprint density at radius 2 is 2.27 bits per heavy atom. The summed E-state index contributed by atoms with van der Waals surface area (Å²) < 4.78 is 5.39. The topological polar surface area (TPSA) is 46.5 Å². The number of rotatable bonds is 6. The third-order valence-electron chi connectivity index (χ3n) is 3.38. The Balaban J connectivity index is 2.41. The minimum absolute atomic E-state index is 0.493. The molecule has 1 aliphatic carbocycles. The van der Waals surface area contributed by atoms with Crippen LogP contribution in [0.5, 0.6) is 0 Å². The van der Waals surface area contributed by atoms with Crippen LogP contribution in [0.4, 0.5) is 0 Å². The van der Waals surface area contributed by atoms with E-state index in [9.17, 15) is 9.90 Å². The highest BCUT2D eigenvalue weighted by Gasteiger charge is 2.43. The van der Waals surface area contributed by atoms with Gasteiger partial charge in [0, 0.05) is 13.2 Å². The number of aliphatic carboxylic acids is 1. The van der Waals surface area contributed by atoms with Crippen LogP contribution in [0, 0.1) is 11.3 Å². The Morgan fingerprint density at radius 1 is 1.53 bits per heavy atom. The molecule has 15 heavy (non-hydrogen) atoms. The number of hydrogen-bond donors (Lipinski definition) is 1. The third kappa shape index (κ3) is 3.20. The number of ether oxygens (including phenoxy) is 1. The van der Waals surface area contributed by atoms with Crippen molar-refractivity contribution in [2.24, 2.45) is 11.3 Å². The maximum absolute atomic E-state index is 11.3. The summed E-state index contributed by atoms with van der Waals surface area (Å²) in [5.74, 6) is -0.0841. The molecule has 0 spiro atoms. The molecule has 0 aromatic rings. The largest absolute Gasteiger partial charge is 0.481 e. The molecular formula is C12H22O3. The summed E-state index contributed by atoms with van der Waals surface area (Å²) >= 11 is 0. The van der Waals surface area contributed by atoms with Gasteiger partial charge in [-0.2, -0.15) is 0 Å². The van der Waals surface area contributed by atoms with E-state index >= 15 is 0 Å². The molecule has 88 valence electrons. The molecule has 0 aromatic carbocycles. The molecule has 0 radical (unpaired) electrons. The van der Waals surface area contributed by atoms with Crippen molar-refractivity contribution in [2.75, 3.05) is 13.2 Å². The van der Waals surface area contributed by atoms with E-state index in [1.165, 1.54) is 0 Å². The van der Waals surface area contributed by atoms with Crippen molar-refractivity contribution in [3.63, 3.8) is 0 Å². The predicted octanol–water partition coefficient (Wildman–Crippen LogP) is 2.69. The summed E-state index contributed by atoms with van der Waals surface area (Å²) in [7, 11) is 0. The van der Waals surface area contributed by atoms with Crippen LogP contribution in [0.3, 0.4) is 0 Å². The molecule has 0 aliphatic heterocycles. The second kappa shape index (κ2) is 5.50. The fourth-order valence-electron chi connectivity index (χ4n) is 2.44. The lowest BCUT2D eigenvalue weighted by Gasteiger charge is -2.23. The predicted molar refractivity (Wildman–Crippen MR) is 58.8 cm³/mol. The second-order valence-corrected chi connectivity index (χ2v) is 4.80. The SMILES string of the molecule is CCCOCCC1(C(=O)O)CCC(C)C1. The van der Waals surface area contributed by atoms with Gasteiger partial charge in [-0.25, -0.2) is 0 Å². The second-order valence-electron chi connectivity index (χ2n) is 4.80. The summed E-state index contributed by atoms with van der Waals surface area (Å²) in [5, 5.41) is 9.28. The first-order chi connectivity index (χ1) is 7.10. The van der Waals surface area contributed by atoms with Gasteiger partial charge in [0.2, 0.25) is 0 Å². The number of carboxylic acid groups (broad SMARTS) is 1. The molecule has 2 atom stereocenters. The van der Waals surface area contributed by atoms with Crippen LogP contribution in [-0.2, 0) is 9.53 Å². The first-order valence-corrected chi connectivity index (χ1v) is 5.92. The number of carbonyl (C=O) groups is 1. The van der Waals surface area contributed by atoms with E-state index in [1.54, 1.807) is 0 Å². The number of hydrogen-bond acceptors (Lipinski definition) is 2. The number of carboxylic acids is 1. The van der Waals surface area contributed by atoms with Crippen molar-refractivity contribution in [3.05, 3.63) is 0 Å². The van der Waals surface area contributed by atoms with Crippen LogP contribution >= 0.6 is 0 Å². The van der Waals surface area contributed by atoms with Crippen molar-refractivity contribution in [1.82, 2.24) is 0 Å². The highest BCUT2D eigenvalue weighted by Crippen LogP contribution is 2.44. The molecule has 1 rings (SSSR count). The van der Waals surface area contributed by atoms with E-state index < -0.39 is 11.4 Å². The van der Waals surface area contributed by atoms with Gasteiger partial charge in [-0.05, 0) is 38.0 Å². The molecular weight excluding hydrogens is 192 g/mol. The lowest BCUT2D eigenvalue weighted by Crippen LogP contribution is -2.29. The molecule has 0 heterocycles. The van der Waals surface area contributed by atoms with Gasteiger partial charge in [-0.3, -0.25) is 4.79 Å². The monoisotopic (exact) mass is 214 g/mol. The Morgan fingerprint density at radius 3 is 2.73 bits per heavy atom. The molecule has 3 heteroatoms. The van der Waals surface area contributed by atoms with Gasteiger partial charge in [0.25, 0.3) is 0 Å². The minimum atomic E-state index is -0.632. The molecule has 0 amide bonds. The average Bonchev–Trinajstić information content (AvgIpc) is 2.56. The normalized spacial score (nSPS) is 30.7. The van der Waals surface area contributed by atoms with Gasteiger partial charge in [-0.15, -0.1) is 0 Å². The van der Waals surface area contributed by atoms with Gasteiger partial charge >= 0.3 is 5.97 Å². The summed E-state index contributed by atoms with van der Waals surface area (Å²) in [4.78, 5) is 11.3. The fourth-order valence-corrected chi connectivity index (χ4v) is 2.44. The standard InChI is InChI=1S/C12H22O3/c1-3-7-15-8-6-12(11(13)14)5-4-10(2)9-12/h10H,3-9H2,1-2H3,(H,13,14). The molecule has 2 unspecified atom stereocenters. The van der Waals surface area contributed by atoms with Crippen LogP contribution in [-0.4, -0.2) is 24.3 Å². The van der Waals surface area contributed by atoms with Crippen molar-refractivity contribution < 1.29 is 14.6 Å². The van der Waals surface area contributed by atoms with Crippen LogP contribution in [0.15, 0.2) is 0 Å². The highest BCUT2D eigenvalue weighted by molar-refractivity contribution is 5.75. The van der Waals surface area contributed by atoms with E-state index in [2.05, 4.69) is 13.8 Å². The molecule has 0 aromatic heterocycles. The smallest absolute Gasteiger partial charge is 0.309 e. The maximum Gasteiger partial charge on any atom is 0.309 e. The minimum Gasteiger partial charge on any atom is -0.481 e. The zero-order valence-electron chi connectivity index (χ0n) is 9.79. The van der Waals surface area contributed by atoms with Crippen molar-refractivity contribution in [1.29, 1.82) is 0 Å². The van der Waals surface area contributed by atoms with Gasteiger partial charge in [0.15, 0.2) is 0 Å². The summed E-state index contributed by atoms with van der Waals surface area (Å²) in [6.45, 7) is 5.53. The summed E-state index contributed by atoms with van der Waals surface area (Å²) in [5.41, 5.74) is -0.493. The molecule has 1 saturated carbocycles. The zero-order chi connectivity index (χ0) is 11.3. The van der Waals surface area contributed by atoms with E-state index in [1.807, 2.05) is 0 Å². The first kappa shape index (κ1) is 12.5. The average molecular weight is 214 g/mol. The quantitative estimate of drug-likeness (QED) is 0.691. The lowest BCUT2D eigenvalue weighted by atomic mass is 9.82. The van der Waals surface area contributed by atoms with Crippen molar-refractivity contribution in [3.8, 4) is 0 Å². The van der Waals surface area contributed by atoms with Crippen molar-refractivity contribution in [2.45, 2.75) is 46.0 Å². The molecule has 1 N–H and O–H groups in total. The molecule has 1 fully saturated rings. The Hall–Kier alpha value is -0.570. The van der Waals surface area contributed by atoms with Gasteiger partial charge < -0.3 is 9.84 Å². The van der Waals surface area contributed by atoms with Crippen LogP contribution in [0.25, 0.3) is 0 Å². The van der Waals surface area contributed by atoms with Gasteiger partial charge in [-0.1, -0.05) is 13.8 Å². The van der Waals surface area contributed by atoms with E-state index in [-0.39, 0.29) is 0 Å². The van der Waals surface area contributed by atoms with E-state index in [0.29, 0.717) is 18.9 Å². The van der Waals surface area contributed by atoms with Crippen molar-refractivity contribution >= 4 is 5.97 Å². The van der Waals surface area contributed by atoms with E-state index in [4.69, 9.17) is 4.74 Å².